The topological polar surface area (TPSA) is 32.3 Å². The van der Waals surface area contributed by atoms with Gasteiger partial charge in [0.1, 0.15) is 0 Å². The van der Waals surface area contributed by atoms with Crippen molar-refractivity contribution >= 4 is 5.91 Å². The first-order valence-electron chi connectivity index (χ1n) is 8.70. The van der Waals surface area contributed by atoms with Crippen molar-refractivity contribution in [1.82, 2.24) is 10.2 Å². The third kappa shape index (κ3) is 2.49. The lowest BCUT2D eigenvalue weighted by Gasteiger charge is -2.47. The predicted octanol–water partition coefficient (Wildman–Crippen LogP) is 2.95. The van der Waals surface area contributed by atoms with Gasteiger partial charge in [-0.3, -0.25) is 4.79 Å². The van der Waals surface area contributed by atoms with E-state index in [2.05, 4.69) is 17.1 Å². The molecular weight excluding hydrogens is 248 g/mol. The van der Waals surface area contributed by atoms with Gasteiger partial charge in [0.15, 0.2) is 0 Å². The van der Waals surface area contributed by atoms with Gasteiger partial charge in [0.2, 0.25) is 5.91 Å². The number of hydrogen-bond acceptors (Lipinski definition) is 2. The van der Waals surface area contributed by atoms with Crippen LogP contribution in [0.25, 0.3) is 0 Å². The highest BCUT2D eigenvalue weighted by atomic mass is 16.2. The van der Waals surface area contributed by atoms with E-state index in [1.807, 2.05) is 0 Å². The number of nitrogens with zero attached hydrogens (tertiary/aromatic N) is 1. The molecule has 2 saturated heterocycles. The molecule has 1 amide bonds. The first-order chi connectivity index (χ1) is 9.70. The fourth-order valence-corrected chi connectivity index (χ4v) is 4.87. The van der Waals surface area contributed by atoms with Gasteiger partial charge < -0.3 is 10.2 Å². The van der Waals surface area contributed by atoms with Gasteiger partial charge in [0, 0.05) is 30.5 Å². The van der Waals surface area contributed by atoms with Gasteiger partial charge in [-0.25, -0.2) is 0 Å². The summed E-state index contributed by atoms with van der Waals surface area (Å²) in [6.45, 7) is 6.51. The lowest BCUT2D eigenvalue weighted by molar-refractivity contribution is -0.146. The van der Waals surface area contributed by atoms with Crippen LogP contribution in [0.3, 0.4) is 0 Å². The Bertz CT molecular complexity index is 348. The molecule has 0 bridgehead atoms. The van der Waals surface area contributed by atoms with Crippen LogP contribution in [0.1, 0.15) is 64.7 Å². The smallest absolute Gasteiger partial charge is 0.228 e. The first-order valence-corrected chi connectivity index (χ1v) is 8.70. The molecular formula is C17H30N2O. The van der Waals surface area contributed by atoms with Crippen molar-refractivity contribution in [2.24, 2.45) is 10.8 Å². The Balaban J connectivity index is 1.71. The van der Waals surface area contributed by atoms with Gasteiger partial charge in [0.25, 0.3) is 0 Å². The monoisotopic (exact) mass is 278 g/mol. The van der Waals surface area contributed by atoms with Crippen LogP contribution in [-0.4, -0.2) is 37.0 Å². The second-order valence-corrected chi connectivity index (χ2v) is 7.45. The minimum atomic E-state index is 0.000620. The van der Waals surface area contributed by atoms with Crippen molar-refractivity contribution in [3.8, 4) is 0 Å². The van der Waals surface area contributed by atoms with Crippen LogP contribution in [0.15, 0.2) is 0 Å². The van der Waals surface area contributed by atoms with E-state index < -0.39 is 0 Å². The number of hydrogen-bond donors (Lipinski definition) is 1. The Morgan fingerprint density at radius 2 is 1.85 bits per heavy atom. The molecule has 114 valence electrons. The van der Waals surface area contributed by atoms with Crippen molar-refractivity contribution in [3.05, 3.63) is 0 Å². The number of carbonyl (C=O) groups excluding carboxylic acids is 1. The summed E-state index contributed by atoms with van der Waals surface area (Å²) in [7, 11) is 0. The van der Waals surface area contributed by atoms with Crippen molar-refractivity contribution in [2.45, 2.75) is 64.7 Å². The molecule has 3 nitrogen and oxygen atoms in total. The average Bonchev–Trinajstić information content (AvgIpc) is 2.97. The molecule has 0 radical (unpaired) electrons. The van der Waals surface area contributed by atoms with E-state index in [9.17, 15) is 4.79 Å². The molecule has 0 aromatic carbocycles. The Morgan fingerprint density at radius 1 is 1.10 bits per heavy atom. The van der Waals surface area contributed by atoms with Gasteiger partial charge in [-0.15, -0.1) is 0 Å². The van der Waals surface area contributed by atoms with Crippen LogP contribution in [-0.2, 0) is 4.79 Å². The summed E-state index contributed by atoms with van der Waals surface area (Å²) in [5.74, 6) is 0.488. The Morgan fingerprint density at radius 3 is 2.50 bits per heavy atom. The van der Waals surface area contributed by atoms with E-state index >= 15 is 0 Å². The SMILES string of the molecule is CCC1(C(=O)N2CCCC3(CCCNC3)C2)CCCC1. The molecule has 1 spiro atoms. The maximum atomic E-state index is 13.1. The number of rotatable bonds is 2. The number of amides is 1. The number of carbonyl (C=O) groups is 1. The molecule has 1 aliphatic carbocycles. The van der Waals surface area contributed by atoms with Crippen molar-refractivity contribution in [2.75, 3.05) is 26.2 Å². The van der Waals surface area contributed by atoms with Crippen LogP contribution in [0.2, 0.25) is 0 Å². The third-order valence-corrected chi connectivity index (χ3v) is 6.20. The van der Waals surface area contributed by atoms with Gasteiger partial charge in [0.05, 0.1) is 0 Å². The van der Waals surface area contributed by atoms with Crippen molar-refractivity contribution in [3.63, 3.8) is 0 Å². The molecule has 3 rings (SSSR count). The summed E-state index contributed by atoms with van der Waals surface area (Å²) in [6.07, 6.45) is 10.9. The van der Waals surface area contributed by atoms with Crippen LogP contribution in [0.4, 0.5) is 0 Å². The summed E-state index contributed by atoms with van der Waals surface area (Å²) < 4.78 is 0. The number of nitrogens with one attached hydrogen (secondary N) is 1. The summed E-state index contributed by atoms with van der Waals surface area (Å²) in [5.41, 5.74) is 0.389. The Hall–Kier alpha value is -0.570. The normalized spacial score (nSPS) is 33.5. The lowest BCUT2D eigenvalue weighted by atomic mass is 9.73. The molecule has 3 fully saturated rings. The second kappa shape index (κ2) is 5.67. The van der Waals surface area contributed by atoms with E-state index in [0.29, 0.717) is 11.3 Å². The minimum absolute atomic E-state index is 0.000620. The van der Waals surface area contributed by atoms with Crippen molar-refractivity contribution < 1.29 is 4.79 Å². The van der Waals surface area contributed by atoms with Crippen molar-refractivity contribution in [1.29, 1.82) is 0 Å². The lowest BCUT2D eigenvalue weighted by Crippen LogP contribution is -2.55. The van der Waals surface area contributed by atoms with Crippen LogP contribution >= 0.6 is 0 Å². The second-order valence-electron chi connectivity index (χ2n) is 7.45. The quantitative estimate of drug-likeness (QED) is 0.842. The number of piperidine rings is 2. The molecule has 0 aromatic rings. The molecule has 20 heavy (non-hydrogen) atoms. The summed E-state index contributed by atoms with van der Waals surface area (Å²) >= 11 is 0. The highest BCUT2D eigenvalue weighted by molar-refractivity contribution is 5.83. The molecule has 1 N–H and O–H groups in total. The first kappa shape index (κ1) is 14.4. The maximum Gasteiger partial charge on any atom is 0.228 e. The van der Waals surface area contributed by atoms with E-state index in [1.54, 1.807) is 0 Å². The molecule has 2 aliphatic heterocycles. The van der Waals surface area contributed by atoms with E-state index in [4.69, 9.17) is 0 Å². The maximum absolute atomic E-state index is 13.1. The van der Waals surface area contributed by atoms with Crippen LogP contribution in [0, 0.1) is 10.8 Å². The highest BCUT2D eigenvalue weighted by Gasteiger charge is 2.45. The molecule has 1 saturated carbocycles. The van der Waals surface area contributed by atoms with Gasteiger partial charge >= 0.3 is 0 Å². The zero-order chi connectivity index (χ0) is 14.1. The van der Waals surface area contributed by atoms with E-state index in [1.165, 1.54) is 38.5 Å². The van der Waals surface area contributed by atoms with E-state index in [0.717, 1.165) is 45.4 Å². The Labute approximate surface area is 123 Å². The molecule has 3 heteroatoms. The fourth-order valence-electron chi connectivity index (χ4n) is 4.87. The van der Waals surface area contributed by atoms with Gasteiger partial charge in [-0.05, 0) is 51.5 Å². The standard InChI is InChI=1S/C17H30N2O/c1-2-17(9-3-4-10-17)15(20)19-12-6-8-16(14-19)7-5-11-18-13-16/h18H,2-14H2,1H3. The Kier molecular flexibility index (Phi) is 4.07. The highest BCUT2D eigenvalue weighted by Crippen LogP contribution is 2.44. The van der Waals surface area contributed by atoms with Gasteiger partial charge in [-0.1, -0.05) is 19.8 Å². The molecule has 1 unspecified atom stereocenters. The molecule has 3 aliphatic rings. The van der Waals surface area contributed by atoms with E-state index in [-0.39, 0.29) is 5.41 Å². The molecule has 1 atom stereocenters. The average molecular weight is 278 g/mol. The molecule has 2 heterocycles. The third-order valence-electron chi connectivity index (χ3n) is 6.20. The van der Waals surface area contributed by atoms with Crippen LogP contribution < -0.4 is 5.32 Å². The molecule has 0 aromatic heterocycles. The predicted molar refractivity (Wildman–Crippen MR) is 81.5 cm³/mol. The largest absolute Gasteiger partial charge is 0.342 e. The zero-order valence-corrected chi connectivity index (χ0v) is 13.0. The summed E-state index contributed by atoms with van der Waals surface area (Å²) in [4.78, 5) is 15.3. The summed E-state index contributed by atoms with van der Waals surface area (Å²) in [5, 5.41) is 3.56. The minimum Gasteiger partial charge on any atom is -0.342 e. The van der Waals surface area contributed by atoms with Gasteiger partial charge in [-0.2, -0.15) is 0 Å². The van der Waals surface area contributed by atoms with Crippen LogP contribution in [0.5, 0.6) is 0 Å². The number of likely N-dealkylation sites (tertiary alicyclic amines) is 1. The summed E-state index contributed by atoms with van der Waals surface area (Å²) in [6, 6.07) is 0. The fraction of sp³-hybridized carbons (Fsp3) is 0.941. The zero-order valence-electron chi connectivity index (χ0n) is 13.0.